The second-order valence-corrected chi connectivity index (χ2v) is 8.36. The molecule has 0 radical (unpaired) electrons. The average Bonchev–Trinajstić information content (AvgIpc) is 2.80. The SMILES string of the molecule is CN(C(=O)COC(=O)CCC1Cc2ccccc2NC1=O)C1CCCc2ccccc21. The third-order valence-electron chi connectivity index (χ3n) is 6.36. The summed E-state index contributed by atoms with van der Waals surface area (Å²) in [6, 6.07) is 15.9. The quantitative estimate of drug-likeness (QED) is 0.724. The van der Waals surface area contributed by atoms with E-state index in [9.17, 15) is 14.4 Å². The molecule has 0 saturated heterocycles. The molecule has 6 nitrogen and oxygen atoms in total. The molecule has 0 aromatic heterocycles. The molecule has 31 heavy (non-hydrogen) atoms. The second-order valence-electron chi connectivity index (χ2n) is 8.36. The number of hydrogen-bond donors (Lipinski definition) is 1. The highest BCUT2D eigenvalue weighted by Crippen LogP contribution is 2.33. The predicted molar refractivity (Wildman–Crippen MR) is 117 cm³/mol. The zero-order valence-electron chi connectivity index (χ0n) is 17.8. The minimum absolute atomic E-state index is 0.0159. The maximum absolute atomic E-state index is 12.6. The molecule has 0 fully saturated rings. The van der Waals surface area contributed by atoms with Crippen LogP contribution in [0.3, 0.4) is 0 Å². The largest absolute Gasteiger partial charge is 0.456 e. The van der Waals surface area contributed by atoms with Gasteiger partial charge in [-0.25, -0.2) is 0 Å². The van der Waals surface area contributed by atoms with Crippen molar-refractivity contribution in [3.63, 3.8) is 0 Å². The fraction of sp³-hybridized carbons (Fsp3) is 0.400. The Hall–Kier alpha value is -3.15. The van der Waals surface area contributed by atoms with Crippen LogP contribution in [0.25, 0.3) is 0 Å². The summed E-state index contributed by atoms with van der Waals surface area (Å²) < 4.78 is 5.24. The van der Waals surface area contributed by atoms with Crippen LogP contribution in [-0.2, 0) is 32.0 Å². The number of esters is 1. The Kier molecular flexibility index (Phi) is 6.35. The van der Waals surface area contributed by atoms with E-state index >= 15 is 0 Å². The number of likely N-dealkylation sites (N-methyl/N-ethyl adjacent to an activating group) is 1. The number of para-hydroxylation sites is 1. The predicted octanol–water partition coefficient (Wildman–Crippen LogP) is 3.66. The van der Waals surface area contributed by atoms with Gasteiger partial charge in [0.25, 0.3) is 5.91 Å². The van der Waals surface area contributed by atoms with Gasteiger partial charge in [-0.3, -0.25) is 14.4 Å². The molecule has 162 valence electrons. The number of nitrogens with one attached hydrogen (secondary N) is 1. The van der Waals surface area contributed by atoms with Crippen LogP contribution in [0.4, 0.5) is 5.69 Å². The van der Waals surface area contributed by atoms with Gasteiger partial charge in [-0.05, 0) is 54.9 Å². The maximum Gasteiger partial charge on any atom is 0.306 e. The molecule has 1 heterocycles. The highest BCUT2D eigenvalue weighted by atomic mass is 16.5. The van der Waals surface area contributed by atoms with E-state index in [1.54, 1.807) is 11.9 Å². The van der Waals surface area contributed by atoms with E-state index in [1.165, 1.54) is 11.1 Å². The Bertz CT molecular complexity index is 987. The third kappa shape index (κ3) is 4.79. The van der Waals surface area contributed by atoms with Crippen molar-refractivity contribution in [2.45, 2.75) is 44.6 Å². The zero-order valence-corrected chi connectivity index (χ0v) is 17.8. The first-order chi connectivity index (χ1) is 15.0. The third-order valence-corrected chi connectivity index (χ3v) is 6.36. The number of anilines is 1. The molecular weight excluding hydrogens is 392 g/mol. The number of fused-ring (bicyclic) bond motifs is 2. The molecule has 6 heteroatoms. The topological polar surface area (TPSA) is 75.7 Å². The molecule has 2 aliphatic rings. The Morgan fingerprint density at radius 1 is 1.10 bits per heavy atom. The van der Waals surface area contributed by atoms with Crippen molar-refractivity contribution in [1.82, 2.24) is 4.90 Å². The molecule has 2 amide bonds. The van der Waals surface area contributed by atoms with Crippen molar-refractivity contribution < 1.29 is 19.1 Å². The van der Waals surface area contributed by atoms with E-state index in [2.05, 4.69) is 17.4 Å². The van der Waals surface area contributed by atoms with Crippen molar-refractivity contribution in [3.8, 4) is 0 Å². The molecule has 4 rings (SSSR count). The number of aryl methyl sites for hydroxylation is 1. The summed E-state index contributed by atoms with van der Waals surface area (Å²) in [7, 11) is 1.77. The molecule has 1 aliphatic heterocycles. The number of ether oxygens (including phenoxy) is 1. The molecule has 2 aromatic carbocycles. The Balaban J connectivity index is 1.26. The van der Waals surface area contributed by atoms with Crippen molar-refractivity contribution in [2.75, 3.05) is 19.0 Å². The molecule has 1 aliphatic carbocycles. The van der Waals surface area contributed by atoms with Crippen molar-refractivity contribution >= 4 is 23.5 Å². The van der Waals surface area contributed by atoms with Crippen molar-refractivity contribution in [1.29, 1.82) is 0 Å². The lowest BCUT2D eigenvalue weighted by Crippen LogP contribution is -2.36. The smallest absolute Gasteiger partial charge is 0.306 e. The standard InChI is InChI=1S/C25H28N2O4/c1-27(22-12-6-9-17-7-2-4-10-20(17)22)23(28)16-31-24(29)14-13-19-15-18-8-3-5-11-21(18)26-25(19)30/h2-5,7-8,10-11,19,22H,6,9,12-16H2,1H3,(H,26,30). The molecule has 2 aromatic rings. The molecule has 0 saturated carbocycles. The number of rotatable bonds is 6. The monoisotopic (exact) mass is 420 g/mol. The molecule has 1 N–H and O–H groups in total. The van der Waals surface area contributed by atoms with Crippen LogP contribution in [0, 0.1) is 5.92 Å². The van der Waals surface area contributed by atoms with Crippen LogP contribution in [-0.4, -0.2) is 36.3 Å². The summed E-state index contributed by atoms with van der Waals surface area (Å²) in [5.41, 5.74) is 4.37. The van der Waals surface area contributed by atoms with Crippen LogP contribution < -0.4 is 5.32 Å². The molecule has 0 spiro atoms. The summed E-state index contributed by atoms with van der Waals surface area (Å²) in [6.45, 7) is -0.270. The fourth-order valence-corrected chi connectivity index (χ4v) is 4.56. The van der Waals surface area contributed by atoms with Gasteiger partial charge >= 0.3 is 5.97 Å². The summed E-state index contributed by atoms with van der Waals surface area (Å²) in [6.07, 6.45) is 4.10. The molecule has 2 unspecified atom stereocenters. The lowest BCUT2D eigenvalue weighted by molar-refractivity contribution is -0.152. The molecular formula is C25H28N2O4. The van der Waals surface area contributed by atoms with E-state index in [4.69, 9.17) is 4.74 Å². The van der Waals surface area contributed by atoms with Crippen LogP contribution >= 0.6 is 0 Å². The van der Waals surface area contributed by atoms with Crippen LogP contribution in [0.1, 0.15) is 48.4 Å². The van der Waals surface area contributed by atoms with Crippen molar-refractivity contribution in [2.24, 2.45) is 5.92 Å². The Morgan fingerprint density at radius 3 is 2.68 bits per heavy atom. The Morgan fingerprint density at radius 2 is 1.84 bits per heavy atom. The minimum atomic E-state index is -0.447. The van der Waals surface area contributed by atoms with Crippen LogP contribution in [0.2, 0.25) is 0 Å². The van der Waals surface area contributed by atoms with Gasteiger partial charge in [-0.1, -0.05) is 42.5 Å². The summed E-state index contributed by atoms with van der Waals surface area (Å²) in [5, 5.41) is 2.89. The van der Waals surface area contributed by atoms with Gasteiger partial charge in [0.2, 0.25) is 5.91 Å². The van der Waals surface area contributed by atoms with Gasteiger partial charge in [-0.15, -0.1) is 0 Å². The highest BCUT2D eigenvalue weighted by molar-refractivity contribution is 5.95. The van der Waals surface area contributed by atoms with Crippen LogP contribution in [0.5, 0.6) is 0 Å². The van der Waals surface area contributed by atoms with Gasteiger partial charge in [0, 0.05) is 25.1 Å². The number of amides is 2. The summed E-state index contributed by atoms with van der Waals surface area (Å²) >= 11 is 0. The number of carbonyl (C=O) groups is 3. The van der Waals surface area contributed by atoms with Gasteiger partial charge < -0.3 is 15.0 Å². The number of nitrogens with zero attached hydrogens (tertiary/aromatic N) is 1. The molecule has 0 bridgehead atoms. The fourth-order valence-electron chi connectivity index (χ4n) is 4.56. The number of benzene rings is 2. The van der Waals surface area contributed by atoms with Gasteiger partial charge in [-0.2, -0.15) is 0 Å². The van der Waals surface area contributed by atoms with Gasteiger partial charge in [0.15, 0.2) is 6.61 Å². The first-order valence-electron chi connectivity index (χ1n) is 10.9. The van der Waals surface area contributed by atoms with Gasteiger partial charge in [0.05, 0.1) is 6.04 Å². The van der Waals surface area contributed by atoms with E-state index < -0.39 is 5.97 Å². The van der Waals surface area contributed by atoms with Crippen molar-refractivity contribution in [3.05, 3.63) is 65.2 Å². The first-order valence-corrected chi connectivity index (χ1v) is 10.9. The lowest BCUT2D eigenvalue weighted by atomic mass is 9.87. The second kappa shape index (κ2) is 9.33. The number of carbonyl (C=O) groups excluding carboxylic acids is 3. The normalized spacial score (nSPS) is 19.6. The number of hydrogen-bond acceptors (Lipinski definition) is 4. The van der Waals surface area contributed by atoms with Gasteiger partial charge in [0.1, 0.15) is 0 Å². The van der Waals surface area contributed by atoms with E-state index in [1.807, 2.05) is 36.4 Å². The Labute approximate surface area is 182 Å². The maximum atomic E-state index is 12.6. The van der Waals surface area contributed by atoms with E-state index in [0.717, 1.165) is 30.5 Å². The van der Waals surface area contributed by atoms with Crippen LogP contribution in [0.15, 0.2) is 48.5 Å². The highest BCUT2D eigenvalue weighted by Gasteiger charge is 2.28. The average molecular weight is 421 g/mol. The van der Waals surface area contributed by atoms with E-state index in [-0.39, 0.29) is 36.8 Å². The first kappa shape index (κ1) is 21.1. The lowest BCUT2D eigenvalue weighted by Gasteiger charge is -2.33. The molecule has 2 atom stereocenters. The summed E-state index contributed by atoms with van der Waals surface area (Å²) in [4.78, 5) is 38.8. The minimum Gasteiger partial charge on any atom is -0.456 e. The summed E-state index contributed by atoms with van der Waals surface area (Å²) in [5.74, 6) is -0.991. The zero-order chi connectivity index (χ0) is 21.8. The van der Waals surface area contributed by atoms with E-state index in [0.29, 0.717) is 12.8 Å².